The van der Waals surface area contributed by atoms with Crippen LogP contribution in [0.2, 0.25) is 0 Å². The summed E-state index contributed by atoms with van der Waals surface area (Å²) in [5, 5.41) is 2.73. The van der Waals surface area contributed by atoms with E-state index in [1.807, 2.05) is 18.2 Å². The number of likely N-dealkylation sites (tertiary alicyclic amines) is 1. The van der Waals surface area contributed by atoms with Gasteiger partial charge in [0.25, 0.3) is 0 Å². The smallest absolute Gasteiger partial charge is 0.325 e. The minimum Gasteiger partial charge on any atom is -0.497 e. The first-order valence-electron chi connectivity index (χ1n) is 8.18. The molecule has 2 aliphatic heterocycles. The maximum absolute atomic E-state index is 12.1. The lowest BCUT2D eigenvalue weighted by atomic mass is 10.0. The second kappa shape index (κ2) is 7.09. The highest BCUT2D eigenvalue weighted by Crippen LogP contribution is 2.38. The van der Waals surface area contributed by atoms with E-state index in [0.29, 0.717) is 19.6 Å². The number of carbonyl (C=O) groups excluding carboxylic acids is 2. The van der Waals surface area contributed by atoms with Crippen molar-refractivity contribution in [3.8, 4) is 11.5 Å². The minimum atomic E-state index is -0.311. The molecule has 1 aromatic carbocycles. The van der Waals surface area contributed by atoms with Crippen LogP contribution in [0.25, 0.3) is 0 Å². The van der Waals surface area contributed by atoms with E-state index in [4.69, 9.17) is 9.47 Å². The van der Waals surface area contributed by atoms with E-state index in [1.165, 1.54) is 4.90 Å². The van der Waals surface area contributed by atoms with E-state index in [9.17, 15) is 9.59 Å². The molecule has 7 heteroatoms. The Hall–Kier alpha value is -2.28. The summed E-state index contributed by atoms with van der Waals surface area (Å²) in [5.74, 6) is 1.44. The second-order valence-electron chi connectivity index (χ2n) is 6.02. The largest absolute Gasteiger partial charge is 0.497 e. The van der Waals surface area contributed by atoms with Crippen LogP contribution in [0.1, 0.15) is 30.9 Å². The third kappa shape index (κ3) is 3.17. The number of imide groups is 1. The van der Waals surface area contributed by atoms with Crippen molar-refractivity contribution in [2.75, 3.05) is 34.0 Å². The molecule has 0 unspecified atom stereocenters. The topological polar surface area (TPSA) is 71.1 Å². The Kier molecular flexibility index (Phi) is 4.89. The van der Waals surface area contributed by atoms with Gasteiger partial charge in [0.15, 0.2) is 0 Å². The number of ether oxygens (including phenoxy) is 2. The lowest BCUT2D eigenvalue weighted by molar-refractivity contribution is -0.131. The van der Waals surface area contributed by atoms with Crippen molar-refractivity contribution in [3.05, 3.63) is 23.8 Å². The molecule has 0 radical (unpaired) electrons. The van der Waals surface area contributed by atoms with Gasteiger partial charge in [-0.25, -0.2) is 4.79 Å². The molecule has 7 nitrogen and oxygen atoms in total. The average molecular weight is 333 g/mol. The summed E-state index contributed by atoms with van der Waals surface area (Å²) in [4.78, 5) is 27.5. The third-order valence-corrected chi connectivity index (χ3v) is 4.64. The van der Waals surface area contributed by atoms with E-state index in [2.05, 4.69) is 10.2 Å². The van der Waals surface area contributed by atoms with Gasteiger partial charge in [-0.3, -0.25) is 14.6 Å². The van der Waals surface area contributed by atoms with Crippen molar-refractivity contribution < 1.29 is 19.1 Å². The molecule has 2 heterocycles. The highest BCUT2D eigenvalue weighted by Gasteiger charge is 2.34. The predicted octanol–water partition coefficient (Wildman–Crippen LogP) is 1.74. The van der Waals surface area contributed by atoms with Gasteiger partial charge in [-0.05, 0) is 31.0 Å². The maximum Gasteiger partial charge on any atom is 0.325 e. The van der Waals surface area contributed by atoms with Gasteiger partial charge in [0.1, 0.15) is 11.5 Å². The molecule has 0 spiro atoms. The van der Waals surface area contributed by atoms with Crippen molar-refractivity contribution in [1.82, 2.24) is 15.1 Å². The molecule has 2 saturated heterocycles. The minimum absolute atomic E-state index is 0.0950. The van der Waals surface area contributed by atoms with Gasteiger partial charge in [0.05, 0.1) is 20.9 Å². The van der Waals surface area contributed by atoms with Crippen molar-refractivity contribution in [2.24, 2.45) is 0 Å². The number of urea groups is 1. The van der Waals surface area contributed by atoms with Crippen molar-refractivity contribution >= 4 is 11.9 Å². The molecule has 0 aliphatic carbocycles. The molecular formula is C17H23N3O4. The summed E-state index contributed by atoms with van der Waals surface area (Å²) in [6.45, 7) is 1.55. The molecule has 0 bridgehead atoms. The van der Waals surface area contributed by atoms with E-state index in [0.717, 1.165) is 36.4 Å². The molecule has 0 aromatic heterocycles. The number of benzene rings is 1. The zero-order valence-electron chi connectivity index (χ0n) is 14.1. The fourth-order valence-corrected chi connectivity index (χ4v) is 3.39. The first-order valence-corrected chi connectivity index (χ1v) is 8.18. The number of nitrogens with one attached hydrogen (secondary N) is 1. The van der Waals surface area contributed by atoms with E-state index in [1.54, 1.807) is 14.2 Å². The van der Waals surface area contributed by atoms with Crippen LogP contribution < -0.4 is 14.8 Å². The molecule has 1 atom stereocenters. The number of methoxy groups -OCH3 is 2. The standard InChI is InChI=1S/C17H23N3O4/c1-23-12-5-6-15(24-2)13(10-12)14-4-3-9-19(14)11-20-16(21)7-8-18-17(20)22/h5-6,10,14H,3-4,7-9,11H2,1-2H3,(H,18,22)/t14-/m1/s1. The Morgan fingerprint density at radius 3 is 2.79 bits per heavy atom. The van der Waals surface area contributed by atoms with Gasteiger partial charge < -0.3 is 14.8 Å². The number of hydrogen-bond acceptors (Lipinski definition) is 5. The highest BCUT2D eigenvalue weighted by atomic mass is 16.5. The van der Waals surface area contributed by atoms with E-state index in [-0.39, 0.29) is 18.0 Å². The van der Waals surface area contributed by atoms with Crippen molar-refractivity contribution in [1.29, 1.82) is 0 Å². The van der Waals surface area contributed by atoms with E-state index >= 15 is 0 Å². The van der Waals surface area contributed by atoms with Gasteiger partial charge in [0.2, 0.25) is 5.91 Å². The first kappa shape index (κ1) is 16.6. The molecule has 3 rings (SSSR count). The Morgan fingerprint density at radius 2 is 2.08 bits per heavy atom. The fraction of sp³-hybridized carbons (Fsp3) is 0.529. The number of rotatable bonds is 5. The summed E-state index contributed by atoms with van der Waals surface area (Å²) in [6, 6.07) is 5.51. The van der Waals surface area contributed by atoms with Gasteiger partial charge in [-0.2, -0.15) is 0 Å². The fourth-order valence-electron chi connectivity index (χ4n) is 3.39. The molecular weight excluding hydrogens is 310 g/mol. The Labute approximate surface area is 141 Å². The summed E-state index contributed by atoms with van der Waals surface area (Å²) in [6.07, 6.45) is 2.31. The average Bonchev–Trinajstić information content (AvgIpc) is 3.05. The Morgan fingerprint density at radius 1 is 1.25 bits per heavy atom. The molecule has 1 aromatic rings. The van der Waals surface area contributed by atoms with Gasteiger partial charge >= 0.3 is 6.03 Å². The summed E-state index contributed by atoms with van der Waals surface area (Å²) in [7, 11) is 3.28. The van der Waals surface area contributed by atoms with Crippen LogP contribution in [-0.4, -0.2) is 55.7 Å². The number of carbonyl (C=O) groups is 2. The van der Waals surface area contributed by atoms with Crippen molar-refractivity contribution in [3.63, 3.8) is 0 Å². The van der Waals surface area contributed by atoms with Crippen LogP contribution in [0.4, 0.5) is 4.79 Å². The summed E-state index contributed by atoms with van der Waals surface area (Å²) in [5.41, 5.74) is 1.03. The lowest BCUT2D eigenvalue weighted by Crippen LogP contribution is -2.53. The molecule has 1 N–H and O–H groups in total. The van der Waals surface area contributed by atoms with Crippen LogP contribution >= 0.6 is 0 Å². The SMILES string of the molecule is COc1ccc(OC)c([C@H]2CCCN2CN2C(=O)CCNC2=O)c1. The summed E-state index contributed by atoms with van der Waals surface area (Å²) >= 11 is 0. The van der Waals surface area contributed by atoms with Crippen LogP contribution in [0.5, 0.6) is 11.5 Å². The summed E-state index contributed by atoms with van der Waals surface area (Å²) < 4.78 is 10.8. The van der Waals surface area contributed by atoms with Crippen LogP contribution in [-0.2, 0) is 4.79 Å². The lowest BCUT2D eigenvalue weighted by Gasteiger charge is -2.33. The third-order valence-electron chi connectivity index (χ3n) is 4.64. The quantitative estimate of drug-likeness (QED) is 0.889. The maximum atomic E-state index is 12.1. The highest BCUT2D eigenvalue weighted by molar-refractivity contribution is 5.96. The second-order valence-corrected chi connectivity index (χ2v) is 6.02. The number of amides is 3. The van der Waals surface area contributed by atoms with Gasteiger partial charge in [-0.15, -0.1) is 0 Å². The number of nitrogens with zero attached hydrogens (tertiary/aromatic N) is 2. The zero-order valence-corrected chi connectivity index (χ0v) is 14.1. The van der Waals surface area contributed by atoms with Crippen LogP contribution in [0, 0.1) is 0 Å². The normalized spacial score (nSPS) is 21.8. The molecule has 3 amide bonds. The van der Waals surface area contributed by atoms with Crippen LogP contribution in [0.3, 0.4) is 0 Å². The van der Waals surface area contributed by atoms with Gasteiger partial charge in [0, 0.05) is 31.1 Å². The predicted molar refractivity (Wildman–Crippen MR) is 88.0 cm³/mol. The van der Waals surface area contributed by atoms with E-state index < -0.39 is 0 Å². The molecule has 24 heavy (non-hydrogen) atoms. The molecule has 2 aliphatic rings. The molecule has 2 fully saturated rings. The zero-order chi connectivity index (χ0) is 17.1. The first-order chi connectivity index (χ1) is 11.6. The monoisotopic (exact) mass is 333 g/mol. The van der Waals surface area contributed by atoms with Gasteiger partial charge in [-0.1, -0.05) is 0 Å². The Balaban J connectivity index is 1.83. The van der Waals surface area contributed by atoms with Crippen molar-refractivity contribution in [2.45, 2.75) is 25.3 Å². The Bertz CT molecular complexity index is 618. The number of hydrogen-bond donors (Lipinski definition) is 1. The molecule has 130 valence electrons. The van der Waals surface area contributed by atoms with Crippen LogP contribution in [0.15, 0.2) is 18.2 Å². The molecule has 0 saturated carbocycles.